The van der Waals surface area contributed by atoms with Gasteiger partial charge in [-0.2, -0.15) is 0 Å². The second kappa shape index (κ2) is 17.5. The molecule has 5 atom stereocenters. The third-order valence-electron chi connectivity index (χ3n) is 8.32. The molecule has 0 amide bonds. The van der Waals surface area contributed by atoms with Crippen LogP contribution in [-0.4, -0.2) is 71.1 Å². The number of hydrogen-bond donors (Lipinski definition) is 4. The summed E-state index contributed by atoms with van der Waals surface area (Å²) < 4.78 is 26.1. The summed E-state index contributed by atoms with van der Waals surface area (Å²) in [6, 6.07) is 38.2. The van der Waals surface area contributed by atoms with E-state index in [9.17, 15) is 15.3 Å². The average Bonchev–Trinajstić information content (AvgIpc) is 3.10. The van der Waals surface area contributed by atoms with Crippen molar-refractivity contribution in [3.05, 3.63) is 144 Å². The summed E-state index contributed by atoms with van der Waals surface area (Å²) in [5.74, 6) is 0. The quantitative estimate of drug-likeness (QED) is 0.136. The van der Waals surface area contributed by atoms with Crippen LogP contribution in [0.5, 0.6) is 0 Å². The summed E-state index contributed by atoms with van der Waals surface area (Å²) in [5, 5.41) is 35.9. The first-order valence-corrected chi connectivity index (χ1v) is 15.9. The first-order chi connectivity index (χ1) is 22.6. The van der Waals surface area contributed by atoms with Crippen LogP contribution in [0.15, 0.2) is 121 Å². The molecule has 0 aromatic heterocycles. The molecule has 244 valence electrons. The zero-order valence-corrected chi connectivity index (χ0v) is 26.1. The monoisotopic (exact) mass is 627 g/mol. The molecule has 8 heteroatoms. The van der Waals surface area contributed by atoms with Gasteiger partial charge in [0.05, 0.1) is 52.3 Å². The highest BCUT2D eigenvalue weighted by Crippen LogP contribution is 2.37. The second-order valence-corrected chi connectivity index (χ2v) is 11.9. The fraction of sp³-hybridized carbons (Fsp3) is 0.368. The number of hydrogen-bond acceptors (Lipinski definition) is 8. The molecule has 0 heterocycles. The molecule has 4 aromatic rings. The van der Waals surface area contributed by atoms with Crippen molar-refractivity contribution in [3.8, 4) is 0 Å². The lowest BCUT2D eigenvalue weighted by atomic mass is 9.75. The van der Waals surface area contributed by atoms with E-state index < -0.39 is 36.0 Å². The fourth-order valence-corrected chi connectivity index (χ4v) is 5.94. The number of benzene rings is 4. The summed E-state index contributed by atoms with van der Waals surface area (Å²) in [6.07, 6.45) is -2.03. The lowest BCUT2D eigenvalue weighted by Crippen LogP contribution is -2.70. The van der Waals surface area contributed by atoms with Crippen LogP contribution < -0.4 is 5.32 Å². The van der Waals surface area contributed by atoms with Crippen molar-refractivity contribution in [1.82, 2.24) is 5.32 Å². The molecule has 5 rings (SSSR count). The Morgan fingerprint density at radius 1 is 0.587 bits per heavy atom. The maximum Gasteiger partial charge on any atom is 0.118 e. The Bertz CT molecular complexity index is 1390. The molecule has 1 aliphatic carbocycles. The van der Waals surface area contributed by atoms with Crippen molar-refractivity contribution >= 4 is 0 Å². The van der Waals surface area contributed by atoms with Gasteiger partial charge >= 0.3 is 0 Å². The van der Waals surface area contributed by atoms with Crippen LogP contribution in [0, 0.1) is 0 Å². The highest BCUT2D eigenvalue weighted by Gasteiger charge is 2.55. The van der Waals surface area contributed by atoms with Crippen molar-refractivity contribution in [1.29, 1.82) is 0 Å². The van der Waals surface area contributed by atoms with Gasteiger partial charge in [-0.15, -0.1) is 0 Å². The first kappa shape index (κ1) is 33.9. The maximum atomic E-state index is 12.5. The molecule has 0 spiro atoms. The summed E-state index contributed by atoms with van der Waals surface area (Å²) >= 11 is 0. The van der Waals surface area contributed by atoms with Crippen molar-refractivity contribution < 1.29 is 34.3 Å². The van der Waals surface area contributed by atoms with Gasteiger partial charge in [-0.3, -0.25) is 0 Å². The van der Waals surface area contributed by atoms with Gasteiger partial charge in [-0.25, -0.2) is 0 Å². The molecule has 0 unspecified atom stereocenters. The van der Waals surface area contributed by atoms with Crippen LogP contribution in [0.3, 0.4) is 0 Å². The summed E-state index contributed by atoms with van der Waals surface area (Å²) in [5.41, 5.74) is 2.38. The van der Waals surface area contributed by atoms with Gasteiger partial charge in [0.1, 0.15) is 23.9 Å². The van der Waals surface area contributed by atoms with Gasteiger partial charge in [-0.05, 0) is 28.7 Å². The Kier molecular flexibility index (Phi) is 12.9. The Morgan fingerprint density at radius 2 is 1.00 bits per heavy atom. The van der Waals surface area contributed by atoms with Crippen LogP contribution in [0.1, 0.15) is 28.7 Å². The zero-order chi connectivity index (χ0) is 32.0. The fourth-order valence-electron chi connectivity index (χ4n) is 5.94. The van der Waals surface area contributed by atoms with E-state index in [4.69, 9.17) is 18.9 Å². The predicted molar refractivity (Wildman–Crippen MR) is 176 cm³/mol. The van der Waals surface area contributed by atoms with Crippen LogP contribution in [0.2, 0.25) is 0 Å². The molecular weight excluding hydrogens is 582 g/mol. The number of aliphatic hydroxyl groups is 3. The van der Waals surface area contributed by atoms with E-state index in [1.807, 2.05) is 121 Å². The van der Waals surface area contributed by atoms with Gasteiger partial charge in [0.15, 0.2) is 0 Å². The zero-order valence-electron chi connectivity index (χ0n) is 26.1. The van der Waals surface area contributed by atoms with Gasteiger partial charge < -0.3 is 39.6 Å². The van der Waals surface area contributed by atoms with E-state index in [2.05, 4.69) is 5.32 Å². The van der Waals surface area contributed by atoms with E-state index in [0.29, 0.717) is 13.2 Å². The number of aliphatic hydroxyl groups excluding tert-OH is 2. The minimum atomic E-state index is -1.51. The molecule has 4 N–H and O–H groups in total. The number of nitrogens with one attached hydrogen (secondary N) is 1. The van der Waals surface area contributed by atoms with Gasteiger partial charge in [0.25, 0.3) is 0 Å². The third kappa shape index (κ3) is 9.54. The number of ether oxygens (including phenoxy) is 4. The van der Waals surface area contributed by atoms with Gasteiger partial charge in [0, 0.05) is 6.04 Å². The van der Waals surface area contributed by atoms with Gasteiger partial charge in [-0.1, -0.05) is 121 Å². The Hall–Kier alpha value is -3.44. The maximum absolute atomic E-state index is 12.5. The predicted octanol–water partition coefficient (Wildman–Crippen LogP) is 4.41. The minimum absolute atomic E-state index is 0.0287. The van der Waals surface area contributed by atoms with Crippen LogP contribution in [0.4, 0.5) is 0 Å². The molecular formula is C38H45NO7. The summed E-state index contributed by atoms with van der Waals surface area (Å²) in [6.45, 7) is 0.517. The smallest absolute Gasteiger partial charge is 0.118 e. The Balaban J connectivity index is 1.48. The van der Waals surface area contributed by atoms with Crippen LogP contribution in [-0.2, 0) is 45.4 Å². The highest BCUT2D eigenvalue weighted by molar-refractivity contribution is 5.18. The average molecular weight is 628 g/mol. The molecule has 0 bridgehead atoms. The van der Waals surface area contributed by atoms with Crippen LogP contribution in [0.25, 0.3) is 0 Å². The molecule has 8 nitrogen and oxygen atoms in total. The Morgan fingerprint density at radius 3 is 1.46 bits per heavy atom. The standard InChI is InChI=1S/C38H45NO7/c40-22-33(23-41)39-34-21-38(42,28-43-24-29-13-5-1-6-14-29)37(46-27-32-19-11-4-12-20-32)36(45-26-31-17-9-3-10-18-31)35(34)44-25-30-15-7-2-8-16-30/h1-20,33-37,39-42H,21-28H2/t34-,35+,36+,37+,38+/m1/s1. The largest absolute Gasteiger partial charge is 0.395 e. The van der Waals surface area contributed by atoms with E-state index in [0.717, 1.165) is 22.3 Å². The summed E-state index contributed by atoms with van der Waals surface area (Å²) in [7, 11) is 0. The normalized spacial score (nSPS) is 23.0. The van der Waals surface area contributed by atoms with Gasteiger partial charge in [0.2, 0.25) is 0 Å². The molecule has 1 fully saturated rings. The van der Waals surface area contributed by atoms with E-state index >= 15 is 0 Å². The molecule has 1 aliphatic rings. The first-order valence-electron chi connectivity index (χ1n) is 15.9. The second-order valence-electron chi connectivity index (χ2n) is 11.9. The van der Waals surface area contributed by atoms with Crippen molar-refractivity contribution in [2.24, 2.45) is 0 Å². The highest BCUT2D eigenvalue weighted by atomic mass is 16.6. The SMILES string of the molecule is OCC(CO)N[C@@H]1C[C@](O)(COCc2ccccc2)[C@@H](OCc2ccccc2)[C@@H](OCc2ccccc2)[C@H]1OCc1ccccc1. The molecule has 0 radical (unpaired) electrons. The Labute approximate surface area is 271 Å². The molecule has 4 aromatic carbocycles. The number of rotatable bonds is 17. The van der Waals surface area contributed by atoms with Crippen LogP contribution >= 0.6 is 0 Å². The lowest BCUT2D eigenvalue weighted by Gasteiger charge is -2.51. The van der Waals surface area contributed by atoms with Crippen molar-refractivity contribution in [2.45, 2.75) is 68.8 Å². The summed E-state index contributed by atoms with van der Waals surface area (Å²) in [4.78, 5) is 0. The van der Waals surface area contributed by atoms with E-state index in [1.54, 1.807) is 0 Å². The van der Waals surface area contributed by atoms with Crippen molar-refractivity contribution in [2.75, 3.05) is 19.8 Å². The third-order valence-corrected chi connectivity index (χ3v) is 8.32. The van der Waals surface area contributed by atoms with Crippen molar-refractivity contribution in [3.63, 3.8) is 0 Å². The van der Waals surface area contributed by atoms with E-state index in [1.165, 1.54) is 0 Å². The lowest BCUT2D eigenvalue weighted by molar-refractivity contribution is -0.256. The molecule has 1 saturated carbocycles. The molecule has 46 heavy (non-hydrogen) atoms. The molecule has 0 saturated heterocycles. The molecule has 0 aliphatic heterocycles. The minimum Gasteiger partial charge on any atom is -0.395 e. The topological polar surface area (TPSA) is 110 Å². The van der Waals surface area contributed by atoms with E-state index in [-0.39, 0.29) is 39.5 Å².